The smallest absolute Gasteiger partial charge is 0.329 e. The molecule has 3 aliphatic heterocycles. The van der Waals surface area contributed by atoms with Crippen molar-refractivity contribution in [1.29, 1.82) is 0 Å². The maximum atomic E-state index is 15.0. The maximum absolute atomic E-state index is 15.0. The molecule has 14 nitrogen and oxygen atoms in total. The molecule has 4 aromatic rings. The number of amides is 4. The van der Waals surface area contributed by atoms with Gasteiger partial charge in [0.25, 0.3) is 0 Å². The number of piperidine rings is 1. The Morgan fingerprint density at radius 2 is 1.87 bits per heavy atom. The first kappa shape index (κ1) is 30.6. The molecule has 0 saturated carbocycles. The number of carbonyl (C=O) groups excluding carboxylic acids is 3. The second-order valence-corrected chi connectivity index (χ2v) is 12.1. The van der Waals surface area contributed by atoms with Crippen molar-refractivity contribution in [3.8, 4) is 0 Å². The van der Waals surface area contributed by atoms with Crippen LogP contribution in [0.2, 0.25) is 5.02 Å². The van der Waals surface area contributed by atoms with Gasteiger partial charge in [-0.15, -0.1) is 0 Å². The molecule has 0 spiro atoms. The van der Waals surface area contributed by atoms with E-state index in [2.05, 4.69) is 31.0 Å². The molecule has 244 valence electrons. The number of nitrogens with zero attached hydrogens (tertiary/aromatic N) is 7. The van der Waals surface area contributed by atoms with Crippen LogP contribution >= 0.6 is 11.6 Å². The van der Waals surface area contributed by atoms with Crippen LogP contribution in [0, 0.1) is 5.95 Å². The molecule has 5 heterocycles. The number of aromatic nitrogens is 4. The molecule has 2 atom stereocenters. The zero-order valence-electron chi connectivity index (χ0n) is 25.9. The van der Waals surface area contributed by atoms with E-state index in [1.807, 2.05) is 35.2 Å². The predicted octanol–water partition coefficient (Wildman–Crippen LogP) is 3.57. The lowest BCUT2D eigenvalue weighted by Crippen LogP contribution is -2.51. The minimum Gasteiger partial charge on any atom is -0.379 e. The van der Waals surface area contributed by atoms with E-state index < -0.39 is 12.0 Å². The third-order valence-corrected chi connectivity index (χ3v) is 9.19. The van der Waals surface area contributed by atoms with E-state index in [1.54, 1.807) is 36.9 Å². The highest BCUT2D eigenvalue weighted by Gasteiger charge is 2.33. The number of hydrogen-bond donors (Lipinski definition) is 3. The molecule has 16 heteroatoms. The van der Waals surface area contributed by atoms with Crippen molar-refractivity contribution in [2.24, 2.45) is 7.05 Å². The van der Waals surface area contributed by atoms with Gasteiger partial charge >= 0.3 is 6.03 Å². The molecular formula is C31H32ClFN10O4. The number of nitrogens with one attached hydrogen (secondary N) is 3. The van der Waals surface area contributed by atoms with Crippen molar-refractivity contribution in [2.45, 2.75) is 31.4 Å². The molecule has 0 unspecified atom stereocenters. The first-order chi connectivity index (χ1) is 22.6. The number of rotatable bonds is 7. The number of hydrogen-bond acceptors (Lipinski definition) is 10. The number of likely N-dealkylation sites (N-methyl/N-ethyl adjacent to an activating group) is 1. The van der Waals surface area contributed by atoms with Gasteiger partial charge < -0.3 is 25.2 Å². The van der Waals surface area contributed by atoms with E-state index in [-0.39, 0.29) is 60.1 Å². The maximum Gasteiger partial charge on any atom is 0.329 e. The summed E-state index contributed by atoms with van der Waals surface area (Å²) >= 11 is 6.28. The minimum atomic E-state index is -0.845. The summed E-state index contributed by atoms with van der Waals surface area (Å²) in [6, 6.07) is 10.7. The Bertz CT molecular complexity index is 1940. The standard InChI is InChI=1S/C31H32ClFN10O4/c1-40-21-7-5-17(12-16(21)13-25(40)45)35-28-26(32)27(33)37-30(38-28)42-10-8-20(23(15-42)47-3)34-18-4-6-19-22(14-18)41(2)39-29(19)43-11-9-24(44)36-31(43)46/h4-7,12,14,20,23,34H,8-11,13,15H2,1-3H3,(H,35,37,38)(H,36,44,46)/t20-,23-/m1/s1. The van der Waals surface area contributed by atoms with Gasteiger partial charge in [0.2, 0.25) is 23.7 Å². The SMILES string of the molecule is CO[C@@H]1CN(c2nc(F)c(Cl)c(Nc3ccc4c(c3)CC(=O)N4C)n2)CC[C@H]1Nc1ccc2c(N3CCC(=O)NC3=O)nn(C)c2c1. The Morgan fingerprint density at radius 1 is 1.06 bits per heavy atom. The largest absolute Gasteiger partial charge is 0.379 e. The average molecular weight is 663 g/mol. The second kappa shape index (κ2) is 12.0. The Kier molecular flexibility index (Phi) is 7.80. The fourth-order valence-corrected chi connectivity index (χ4v) is 6.46. The molecule has 3 N–H and O–H groups in total. The molecular weight excluding hydrogens is 631 g/mol. The van der Waals surface area contributed by atoms with E-state index in [9.17, 15) is 18.8 Å². The van der Waals surface area contributed by atoms with Crippen LogP contribution in [0.3, 0.4) is 0 Å². The first-order valence-electron chi connectivity index (χ1n) is 15.1. The van der Waals surface area contributed by atoms with Crippen LogP contribution in [0.5, 0.6) is 0 Å². The van der Waals surface area contributed by atoms with Gasteiger partial charge in [-0.1, -0.05) is 11.6 Å². The number of aryl methyl sites for hydroxylation is 1. The lowest BCUT2D eigenvalue weighted by molar-refractivity contribution is -0.120. The van der Waals surface area contributed by atoms with Gasteiger partial charge in [0.1, 0.15) is 5.02 Å². The molecule has 4 amide bonds. The van der Waals surface area contributed by atoms with Crippen molar-refractivity contribution in [3.05, 3.63) is 52.9 Å². The third kappa shape index (κ3) is 5.65. The number of urea groups is 1. The number of imide groups is 1. The summed E-state index contributed by atoms with van der Waals surface area (Å²) in [6.45, 7) is 1.17. The summed E-state index contributed by atoms with van der Waals surface area (Å²) in [5, 5.41) is 14.1. The molecule has 2 aromatic carbocycles. The van der Waals surface area contributed by atoms with Gasteiger partial charge in [0.15, 0.2) is 11.6 Å². The van der Waals surface area contributed by atoms with Gasteiger partial charge in [-0.2, -0.15) is 19.5 Å². The molecule has 0 bridgehead atoms. The molecule has 2 saturated heterocycles. The highest BCUT2D eigenvalue weighted by atomic mass is 35.5. The number of fused-ring (bicyclic) bond motifs is 2. The minimum absolute atomic E-state index is 0.00535. The fraction of sp³-hybridized carbons (Fsp3) is 0.355. The van der Waals surface area contributed by atoms with Crippen LogP contribution in [0.1, 0.15) is 18.4 Å². The number of anilines is 6. The summed E-state index contributed by atoms with van der Waals surface area (Å²) in [5.41, 5.74) is 3.98. The molecule has 0 aliphatic carbocycles. The van der Waals surface area contributed by atoms with E-state index in [4.69, 9.17) is 16.3 Å². The van der Waals surface area contributed by atoms with Gasteiger partial charge in [-0.05, 0) is 48.4 Å². The number of carbonyl (C=O) groups is 3. The van der Waals surface area contributed by atoms with Crippen LogP contribution in [0.4, 0.5) is 43.8 Å². The van der Waals surface area contributed by atoms with Crippen LogP contribution in [-0.2, 0) is 27.8 Å². The van der Waals surface area contributed by atoms with Crippen molar-refractivity contribution >= 4 is 75.0 Å². The van der Waals surface area contributed by atoms with Crippen molar-refractivity contribution in [1.82, 2.24) is 25.1 Å². The zero-order valence-corrected chi connectivity index (χ0v) is 26.6. The van der Waals surface area contributed by atoms with Gasteiger partial charge in [-0.3, -0.25) is 24.5 Å². The van der Waals surface area contributed by atoms with E-state index in [0.717, 1.165) is 27.8 Å². The number of benzene rings is 2. The van der Waals surface area contributed by atoms with E-state index >= 15 is 0 Å². The summed E-state index contributed by atoms with van der Waals surface area (Å²) in [7, 11) is 5.16. The quantitative estimate of drug-likeness (QED) is 0.251. The summed E-state index contributed by atoms with van der Waals surface area (Å²) in [5.74, 6) is -0.348. The van der Waals surface area contributed by atoms with Crippen molar-refractivity contribution < 1.29 is 23.5 Å². The molecule has 3 aliphatic rings. The lowest BCUT2D eigenvalue weighted by atomic mass is 10.0. The van der Waals surface area contributed by atoms with Crippen LogP contribution in [0.15, 0.2) is 36.4 Å². The lowest BCUT2D eigenvalue weighted by Gasteiger charge is -2.38. The molecule has 2 aromatic heterocycles. The molecule has 7 rings (SSSR count). The highest BCUT2D eigenvalue weighted by Crippen LogP contribution is 2.34. The highest BCUT2D eigenvalue weighted by molar-refractivity contribution is 6.33. The van der Waals surface area contributed by atoms with Crippen molar-refractivity contribution in [3.63, 3.8) is 0 Å². The Labute approximate surface area is 273 Å². The topological polar surface area (TPSA) is 150 Å². The van der Waals surface area contributed by atoms with Crippen LogP contribution in [-0.4, -0.2) is 83.5 Å². The Balaban J connectivity index is 1.06. The van der Waals surface area contributed by atoms with Crippen LogP contribution < -0.4 is 30.7 Å². The van der Waals surface area contributed by atoms with E-state index in [0.29, 0.717) is 31.0 Å². The average Bonchev–Trinajstić information content (AvgIpc) is 3.53. The van der Waals surface area contributed by atoms with Gasteiger partial charge in [-0.25, -0.2) is 4.79 Å². The second-order valence-electron chi connectivity index (χ2n) is 11.8. The first-order valence-corrected chi connectivity index (χ1v) is 15.5. The summed E-state index contributed by atoms with van der Waals surface area (Å²) in [4.78, 5) is 49.7. The molecule has 0 radical (unpaired) electrons. The summed E-state index contributed by atoms with van der Waals surface area (Å²) < 4.78 is 22.6. The van der Waals surface area contributed by atoms with Gasteiger partial charge in [0.05, 0.1) is 24.1 Å². The third-order valence-electron chi connectivity index (χ3n) is 8.86. The summed E-state index contributed by atoms with van der Waals surface area (Å²) in [6.07, 6.45) is 0.845. The number of methoxy groups -OCH3 is 1. The number of halogens is 2. The molecule has 2 fully saturated rings. The van der Waals surface area contributed by atoms with Crippen molar-refractivity contribution in [2.75, 3.05) is 59.1 Å². The van der Waals surface area contributed by atoms with Gasteiger partial charge in [0, 0.05) is 69.7 Å². The fourth-order valence-electron chi connectivity index (χ4n) is 6.33. The monoisotopic (exact) mass is 662 g/mol. The number of ether oxygens (including phenoxy) is 1. The Morgan fingerprint density at radius 3 is 2.66 bits per heavy atom. The molecule has 47 heavy (non-hydrogen) atoms. The zero-order chi connectivity index (χ0) is 33.0. The normalized spacial score (nSPS) is 19.8. The van der Waals surface area contributed by atoms with E-state index in [1.165, 1.54) is 4.90 Å². The Hall–Kier alpha value is -5.02. The van der Waals surface area contributed by atoms with Crippen LogP contribution in [0.25, 0.3) is 10.9 Å². The predicted molar refractivity (Wildman–Crippen MR) is 175 cm³/mol.